The minimum Gasteiger partial charge on any atom is -0.482 e. The number of benzene rings is 1. The molecule has 0 radical (unpaired) electrons. The number of carboxylic acid groups (broad SMARTS) is 2. The molecule has 0 bridgehead atoms. The fraction of sp³-hybridized carbons (Fsp3) is 0.686. The van der Waals surface area contributed by atoms with Crippen molar-refractivity contribution in [1.82, 2.24) is 14.7 Å². The Morgan fingerprint density at radius 3 is 1.53 bits per heavy atom. The summed E-state index contributed by atoms with van der Waals surface area (Å²) >= 11 is 0. The van der Waals surface area contributed by atoms with E-state index in [1.165, 1.54) is 4.90 Å². The molecule has 0 heterocycles. The second-order valence-electron chi connectivity index (χ2n) is 14.8. The normalized spacial score (nSPS) is 12.9. The van der Waals surface area contributed by atoms with Crippen LogP contribution < -0.4 is 4.74 Å². The van der Waals surface area contributed by atoms with Crippen molar-refractivity contribution in [2.24, 2.45) is 0 Å². The Bertz CT molecular complexity index is 1230. The molecule has 1 rings (SSSR count). The Labute approximate surface area is 290 Å². The smallest absolute Gasteiger partial charge is 0.341 e. The van der Waals surface area contributed by atoms with Gasteiger partial charge in [0, 0.05) is 25.7 Å². The Kier molecular flexibility index (Phi) is 17.2. The molecule has 0 saturated heterocycles. The lowest BCUT2D eigenvalue weighted by atomic mass is 10.0. The molecule has 1 aromatic carbocycles. The molecule has 0 saturated carbocycles. The summed E-state index contributed by atoms with van der Waals surface area (Å²) in [7, 11) is 0. The van der Waals surface area contributed by atoms with Gasteiger partial charge >= 0.3 is 29.8 Å². The van der Waals surface area contributed by atoms with Gasteiger partial charge in [0.2, 0.25) is 0 Å². The zero-order valence-corrected chi connectivity index (χ0v) is 30.9. The first-order chi connectivity index (χ1) is 22.4. The number of carboxylic acids is 2. The Balaban J connectivity index is 3.46. The third kappa shape index (κ3) is 21.1. The van der Waals surface area contributed by atoms with E-state index < -0.39 is 59.9 Å². The van der Waals surface area contributed by atoms with Crippen molar-refractivity contribution in [2.45, 2.75) is 98.5 Å². The molecular weight excluding hydrogens is 638 g/mol. The minimum atomic E-state index is -1.15. The van der Waals surface area contributed by atoms with Gasteiger partial charge in [-0.2, -0.15) is 0 Å². The topological polar surface area (TPSA) is 172 Å². The highest BCUT2D eigenvalue weighted by atomic mass is 16.6. The van der Waals surface area contributed by atoms with Crippen molar-refractivity contribution < 1.29 is 53.1 Å². The summed E-state index contributed by atoms with van der Waals surface area (Å²) in [4.78, 5) is 66.9. The van der Waals surface area contributed by atoms with Gasteiger partial charge in [-0.25, -0.2) is 4.79 Å². The zero-order chi connectivity index (χ0) is 37.6. The second kappa shape index (κ2) is 19.4. The number of esters is 3. The Hall–Kier alpha value is -3.75. The second-order valence-corrected chi connectivity index (χ2v) is 14.8. The maximum atomic E-state index is 13.1. The van der Waals surface area contributed by atoms with Crippen molar-refractivity contribution >= 4 is 29.8 Å². The molecule has 0 aliphatic heterocycles. The number of nitrogens with zero attached hydrogens (tertiary/aromatic N) is 3. The fourth-order valence-electron chi connectivity index (χ4n) is 4.75. The van der Waals surface area contributed by atoms with Gasteiger partial charge in [-0.3, -0.25) is 33.9 Å². The third-order valence-corrected chi connectivity index (χ3v) is 6.56. The van der Waals surface area contributed by atoms with Crippen LogP contribution in [0.4, 0.5) is 0 Å². The van der Waals surface area contributed by atoms with Crippen LogP contribution in [0.15, 0.2) is 24.3 Å². The summed E-state index contributed by atoms with van der Waals surface area (Å²) in [6.07, 6.45) is 0.259. The van der Waals surface area contributed by atoms with Crippen molar-refractivity contribution in [2.75, 3.05) is 59.0 Å². The van der Waals surface area contributed by atoms with Gasteiger partial charge in [-0.1, -0.05) is 19.1 Å². The van der Waals surface area contributed by atoms with Crippen molar-refractivity contribution in [3.8, 4) is 5.75 Å². The van der Waals surface area contributed by atoms with Gasteiger partial charge in [0.15, 0.2) is 6.61 Å². The molecular formula is C35H57N3O11. The minimum absolute atomic E-state index is 0.0392. The molecule has 2 N–H and O–H groups in total. The average Bonchev–Trinajstić information content (AvgIpc) is 2.90. The highest BCUT2D eigenvalue weighted by molar-refractivity contribution is 5.75. The molecule has 49 heavy (non-hydrogen) atoms. The molecule has 0 amide bonds. The van der Waals surface area contributed by atoms with Crippen LogP contribution in [0.1, 0.15) is 74.8 Å². The predicted octanol–water partition coefficient (Wildman–Crippen LogP) is 3.10. The number of aliphatic carboxylic acids is 2. The molecule has 1 atom stereocenters. The SMILES string of the molecule is CCN(CCN(CC(=O)OC(C)(C)C)CC(Cc1ccc(OCC(=O)O)cc1)N(CC(=O)O)CC(=O)OC(C)(C)C)CC(=O)OC(C)(C)C. The number of likely N-dealkylation sites (N-methyl/N-ethyl adjacent to an activating group) is 1. The maximum absolute atomic E-state index is 13.1. The van der Waals surface area contributed by atoms with E-state index >= 15 is 0 Å². The summed E-state index contributed by atoms with van der Waals surface area (Å²) in [6.45, 7) is 17.7. The molecule has 1 unspecified atom stereocenters. The van der Waals surface area contributed by atoms with Crippen LogP contribution in [0.25, 0.3) is 0 Å². The van der Waals surface area contributed by atoms with Crippen LogP contribution in [0.2, 0.25) is 0 Å². The lowest BCUT2D eigenvalue weighted by Gasteiger charge is -2.36. The van der Waals surface area contributed by atoms with Crippen LogP contribution >= 0.6 is 0 Å². The maximum Gasteiger partial charge on any atom is 0.341 e. The summed E-state index contributed by atoms with van der Waals surface area (Å²) in [5, 5.41) is 18.8. The molecule has 14 nitrogen and oxygen atoms in total. The van der Waals surface area contributed by atoms with E-state index in [2.05, 4.69) is 0 Å². The van der Waals surface area contributed by atoms with Gasteiger partial charge in [0.1, 0.15) is 22.6 Å². The lowest BCUT2D eigenvalue weighted by Crippen LogP contribution is -2.52. The van der Waals surface area contributed by atoms with Gasteiger partial charge in [-0.05, 0) is 93.0 Å². The first-order valence-electron chi connectivity index (χ1n) is 16.4. The molecule has 0 spiro atoms. The van der Waals surface area contributed by atoms with Crippen LogP contribution in [-0.2, 0) is 44.6 Å². The number of rotatable bonds is 20. The quantitative estimate of drug-likeness (QED) is 0.151. The number of carbonyl (C=O) groups excluding carboxylic acids is 3. The summed E-state index contributed by atoms with van der Waals surface area (Å²) < 4.78 is 21.9. The van der Waals surface area contributed by atoms with Crippen molar-refractivity contribution in [3.63, 3.8) is 0 Å². The third-order valence-electron chi connectivity index (χ3n) is 6.56. The standard InChI is InChI=1S/C35H57N3O11/c1-11-36(21-30(43)47-33(2,3)4)16-17-37(22-31(44)48-34(5,6)7)19-26(18-25-12-14-27(15-13-25)46-24-29(41)42)38(20-28(39)40)23-32(45)49-35(8,9)10/h12-15,26H,11,16-24H2,1-10H3,(H,39,40)(H,41,42). The van der Waals surface area contributed by atoms with E-state index in [1.807, 2.05) is 16.7 Å². The van der Waals surface area contributed by atoms with Crippen LogP contribution in [0.3, 0.4) is 0 Å². The number of hydrogen-bond donors (Lipinski definition) is 2. The zero-order valence-electron chi connectivity index (χ0n) is 30.9. The molecule has 1 aromatic rings. The highest BCUT2D eigenvalue weighted by Gasteiger charge is 2.30. The van der Waals surface area contributed by atoms with Crippen LogP contribution in [0.5, 0.6) is 5.75 Å². The van der Waals surface area contributed by atoms with Gasteiger partial charge < -0.3 is 29.2 Å². The van der Waals surface area contributed by atoms with E-state index in [0.29, 0.717) is 25.4 Å². The largest absolute Gasteiger partial charge is 0.482 e. The molecule has 0 aliphatic rings. The van der Waals surface area contributed by atoms with E-state index in [-0.39, 0.29) is 38.6 Å². The summed E-state index contributed by atoms with van der Waals surface area (Å²) in [6, 6.07) is 6.07. The van der Waals surface area contributed by atoms with E-state index in [9.17, 15) is 29.1 Å². The average molecular weight is 696 g/mol. The Morgan fingerprint density at radius 2 is 1.10 bits per heavy atom. The van der Waals surface area contributed by atoms with Gasteiger partial charge in [-0.15, -0.1) is 0 Å². The molecule has 0 aromatic heterocycles. The Morgan fingerprint density at radius 1 is 0.653 bits per heavy atom. The summed E-state index contributed by atoms with van der Waals surface area (Å²) in [5.41, 5.74) is -1.43. The molecule has 0 aliphatic carbocycles. The first kappa shape index (κ1) is 43.3. The van der Waals surface area contributed by atoms with Crippen molar-refractivity contribution in [3.05, 3.63) is 29.8 Å². The van der Waals surface area contributed by atoms with Gasteiger partial charge in [0.25, 0.3) is 0 Å². The number of hydrogen-bond acceptors (Lipinski definition) is 12. The van der Waals surface area contributed by atoms with E-state index in [4.69, 9.17) is 24.1 Å². The molecule has 278 valence electrons. The van der Waals surface area contributed by atoms with Crippen molar-refractivity contribution in [1.29, 1.82) is 0 Å². The number of ether oxygens (including phenoxy) is 4. The first-order valence-corrected chi connectivity index (χ1v) is 16.4. The molecule has 14 heteroatoms. The van der Waals surface area contributed by atoms with E-state index in [1.54, 1.807) is 86.6 Å². The van der Waals surface area contributed by atoms with E-state index in [0.717, 1.165) is 5.56 Å². The lowest BCUT2D eigenvalue weighted by molar-refractivity contribution is -0.159. The highest BCUT2D eigenvalue weighted by Crippen LogP contribution is 2.18. The van der Waals surface area contributed by atoms with Crippen LogP contribution in [0, 0.1) is 0 Å². The summed E-state index contributed by atoms with van der Waals surface area (Å²) in [5.74, 6) is -3.41. The predicted molar refractivity (Wildman–Crippen MR) is 182 cm³/mol. The van der Waals surface area contributed by atoms with Crippen LogP contribution in [-0.4, -0.2) is 137 Å². The monoisotopic (exact) mass is 695 g/mol. The fourth-order valence-corrected chi connectivity index (χ4v) is 4.75. The number of carbonyl (C=O) groups is 5. The van der Waals surface area contributed by atoms with Gasteiger partial charge in [0.05, 0.1) is 26.2 Å². The molecule has 0 fully saturated rings.